The van der Waals surface area contributed by atoms with E-state index in [2.05, 4.69) is 24.1 Å². The highest BCUT2D eigenvalue weighted by molar-refractivity contribution is 5.53. The SMILES string of the molecule is CCCCC(CCC)Nc1ccc(N)c(OC)n1. The minimum Gasteiger partial charge on any atom is -0.479 e. The van der Waals surface area contributed by atoms with Crippen molar-refractivity contribution in [2.75, 3.05) is 18.2 Å². The second-order valence-corrected chi connectivity index (χ2v) is 4.57. The molecule has 0 aliphatic rings. The second-order valence-electron chi connectivity index (χ2n) is 4.57. The number of pyridine rings is 1. The summed E-state index contributed by atoms with van der Waals surface area (Å²) in [6, 6.07) is 4.22. The number of nitrogens with two attached hydrogens (primary N) is 1. The maximum atomic E-state index is 5.75. The Morgan fingerprint density at radius 1 is 1.28 bits per heavy atom. The minimum absolute atomic E-state index is 0.482. The molecule has 1 aromatic heterocycles. The van der Waals surface area contributed by atoms with Crippen molar-refractivity contribution >= 4 is 11.5 Å². The highest BCUT2D eigenvalue weighted by Crippen LogP contribution is 2.22. The van der Waals surface area contributed by atoms with E-state index in [4.69, 9.17) is 10.5 Å². The van der Waals surface area contributed by atoms with Crippen LogP contribution < -0.4 is 15.8 Å². The zero-order chi connectivity index (χ0) is 13.4. The van der Waals surface area contributed by atoms with E-state index in [1.165, 1.54) is 25.7 Å². The fourth-order valence-corrected chi connectivity index (χ4v) is 1.99. The molecule has 18 heavy (non-hydrogen) atoms. The summed E-state index contributed by atoms with van der Waals surface area (Å²) in [6.45, 7) is 4.42. The van der Waals surface area contributed by atoms with Gasteiger partial charge < -0.3 is 15.8 Å². The Morgan fingerprint density at radius 2 is 2.06 bits per heavy atom. The summed E-state index contributed by atoms with van der Waals surface area (Å²) in [6.07, 6.45) is 5.98. The third-order valence-electron chi connectivity index (χ3n) is 2.98. The molecule has 0 saturated heterocycles. The number of rotatable bonds is 8. The lowest BCUT2D eigenvalue weighted by Gasteiger charge is -2.19. The Hall–Kier alpha value is -1.45. The molecule has 0 aliphatic carbocycles. The van der Waals surface area contributed by atoms with E-state index >= 15 is 0 Å². The quantitative estimate of drug-likeness (QED) is 0.743. The van der Waals surface area contributed by atoms with Crippen LogP contribution in [-0.4, -0.2) is 18.1 Å². The van der Waals surface area contributed by atoms with Crippen molar-refractivity contribution in [2.45, 2.75) is 52.0 Å². The van der Waals surface area contributed by atoms with Gasteiger partial charge in [-0.1, -0.05) is 33.1 Å². The number of nitrogen functional groups attached to an aromatic ring is 1. The Labute approximate surface area is 110 Å². The van der Waals surface area contributed by atoms with E-state index in [0.717, 1.165) is 12.2 Å². The average Bonchev–Trinajstić information content (AvgIpc) is 2.38. The van der Waals surface area contributed by atoms with E-state index in [0.29, 0.717) is 17.6 Å². The van der Waals surface area contributed by atoms with Crippen LogP contribution in [0.2, 0.25) is 0 Å². The molecule has 1 atom stereocenters. The van der Waals surface area contributed by atoms with Gasteiger partial charge in [-0.25, -0.2) is 0 Å². The molecule has 0 aliphatic heterocycles. The summed E-state index contributed by atoms with van der Waals surface area (Å²) in [5.74, 6) is 1.33. The molecule has 1 unspecified atom stereocenters. The summed E-state index contributed by atoms with van der Waals surface area (Å²) in [5, 5.41) is 3.47. The standard InChI is InChI=1S/C14H25N3O/c1-4-6-8-11(7-5-2)16-13-10-9-12(15)14(17-13)18-3/h9-11H,4-8,15H2,1-3H3,(H,16,17). The number of aromatic nitrogens is 1. The molecule has 4 heteroatoms. The highest BCUT2D eigenvalue weighted by atomic mass is 16.5. The van der Waals surface area contributed by atoms with Gasteiger partial charge in [-0.2, -0.15) is 4.98 Å². The monoisotopic (exact) mass is 251 g/mol. The largest absolute Gasteiger partial charge is 0.479 e. The van der Waals surface area contributed by atoms with Gasteiger partial charge in [0.25, 0.3) is 0 Å². The molecule has 102 valence electrons. The molecule has 0 aromatic carbocycles. The van der Waals surface area contributed by atoms with Gasteiger partial charge in [0.05, 0.1) is 12.8 Å². The molecule has 1 heterocycles. The smallest absolute Gasteiger partial charge is 0.238 e. The third kappa shape index (κ3) is 4.43. The zero-order valence-corrected chi connectivity index (χ0v) is 11.7. The topological polar surface area (TPSA) is 60.2 Å². The lowest BCUT2D eigenvalue weighted by atomic mass is 10.1. The third-order valence-corrected chi connectivity index (χ3v) is 2.98. The van der Waals surface area contributed by atoms with Gasteiger partial charge in [0.15, 0.2) is 0 Å². The van der Waals surface area contributed by atoms with Crippen LogP contribution in [0.15, 0.2) is 12.1 Å². The summed E-state index contributed by atoms with van der Waals surface area (Å²) in [7, 11) is 1.59. The van der Waals surface area contributed by atoms with Crippen molar-refractivity contribution in [1.82, 2.24) is 4.98 Å². The van der Waals surface area contributed by atoms with Crippen molar-refractivity contribution < 1.29 is 4.74 Å². The summed E-state index contributed by atoms with van der Waals surface area (Å²) < 4.78 is 5.13. The van der Waals surface area contributed by atoms with Crippen LogP contribution in [0.25, 0.3) is 0 Å². The summed E-state index contributed by atoms with van der Waals surface area (Å²) in [4.78, 5) is 4.36. The molecule has 0 bridgehead atoms. The normalized spacial score (nSPS) is 12.2. The predicted molar refractivity (Wildman–Crippen MR) is 77.0 cm³/mol. The highest BCUT2D eigenvalue weighted by Gasteiger charge is 2.09. The van der Waals surface area contributed by atoms with Gasteiger partial charge in [0.2, 0.25) is 5.88 Å². The molecular formula is C14H25N3O. The van der Waals surface area contributed by atoms with Gasteiger partial charge in [-0.15, -0.1) is 0 Å². The van der Waals surface area contributed by atoms with E-state index < -0.39 is 0 Å². The fraction of sp³-hybridized carbons (Fsp3) is 0.643. The van der Waals surface area contributed by atoms with Crippen LogP contribution in [0.5, 0.6) is 5.88 Å². The van der Waals surface area contributed by atoms with E-state index in [1.807, 2.05) is 12.1 Å². The number of nitrogens with one attached hydrogen (secondary N) is 1. The molecule has 0 radical (unpaired) electrons. The Balaban J connectivity index is 2.67. The number of hydrogen-bond acceptors (Lipinski definition) is 4. The predicted octanol–water partition coefficient (Wildman–Crippen LogP) is 3.44. The molecule has 1 rings (SSSR count). The number of hydrogen-bond donors (Lipinski definition) is 2. The molecule has 3 N–H and O–H groups in total. The average molecular weight is 251 g/mol. The van der Waals surface area contributed by atoms with Gasteiger partial charge in [-0.3, -0.25) is 0 Å². The van der Waals surface area contributed by atoms with Crippen LogP contribution in [0.4, 0.5) is 11.5 Å². The van der Waals surface area contributed by atoms with Crippen molar-refractivity contribution in [3.8, 4) is 5.88 Å². The van der Waals surface area contributed by atoms with Gasteiger partial charge in [0, 0.05) is 6.04 Å². The van der Waals surface area contributed by atoms with E-state index in [1.54, 1.807) is 7.11 Å². The van der Waals surface area contributed by atoms with Crippen LogP contribution in [0.3, 0.4) is 0 Å². The van der Waals surface area contributed by atoms with Crippen molar-refractivity contribution in [3.05, 3.63) is 12.1 Å². The van der Waals surface area contributed by atoms with Crippen LogP contribution in [0, 0.1) is 0 Å². The van der Waals surface area contributed by atoms with Crippen LogP contribution in [0.1, 0.15) is 46.0 Å². The molecule has 0 saturated carbocycles. The van der Waals surface area contributed by atoms with Gasteiger partial charge in [-0.05, 0) is 25.0 Å². The van der Waals surface area contributed by atoms with Crippen molar-refractivity contribution in [2.24, 2.45) is 0 Å². The minimum atomic E-state index is 0.482. The molecule has 0 amide bonds. The first-order valence-corrected chi connectivity index (χ1v) is 6.78. The number of anilines is 2. The molecule has 4 nitrogen and oxygen atoms in total. The Bertz CT molecular complexity index is 355. The maximum absolute atomic E-state index is 5.75. The first-order chi connectivity index (χ1) is 8.71. The fourth-order valence-electron chi connectivity index (χ4n) is 1.99. The first-order valence-electron chi connectivity index (χ1n) is 6.78. The van der Waals surface area contributed by atoms with E-state index in [-0.39, 0.29) is 0 Å². The van der Waals surface area contributed by atoms with Gasteiger partial charge >= 0.3 is 0 Å². The molecular weight excluding hydrogens is 226 g/mol. The maximum Gasteiger partial charge on any atom is 0.238 e. The number of methoxy groups -OCH3 is 1. The van der Waals surface area contributed by atoms with Crippen molar-refractivity contribution in [3.63, 3.8) is 0 Å². The van der Waals surface area contributed by atoms with Crippen molar-refractivity contribution in [1.29, 1.82) is 0 Å². The number of nitrogens with zero attached hydrogens (tertiary/aromatic N) is 1. The molecule has 0 fully saturated rings. The zero-order valence-electron chi connectivity index (χ0n) is 11.7. The Kier molecular flexibility index (Phi) is 6.33. The molecule has 0 spiro atoms. The first kappa shape index (κ1) is 14.6. The Morgan fingerprint density at radius 3 is 2.67 bits per heavy atom. The second kappa shape index (κ2) is 7.80. The summed E-state index contributed by atoms with van der Waals surface area (Å²) in [5.41, 5.74) is 6.33. The summed E-state index contributed by atoms with van der Waals surface area (Å²) >= 11 is 0. The van der Waals surface area contributed by atoms with Crippen LogP contribution >= 0.6 is 0 Å². The lowest BCUT2D eigenvalue weighted by molar-refractivity contribution is 0.400. The molecule has 1 aromatic rings. The number of ether oxygens (including phenoxy) is 1. The lowest BCUT2D eigenvalue weighted by Crippen LogP contribution is -2.20. The number of unbranched alkanes of at least 4 members (excludes halogenated alkanes) is 1. The van der Waals surface area contributed by atoms with Gasteiger partial charge in [0.1, 0.15) is 5.82 Å². The van der Waals surface area contributed by atoms with E-state index in [9.17, 15) is 0 Å². The van der Waals surface area contributed by atoms with Crippen LogP contribution in [-0.2, 0) is 0 Å².